The summed E-state index contributed by atoms with van der Waals surface area (Å²) < 4.78 is 0. The zero-order valence-corrected chi connectivity index (χ0v) is 9.39. The van der Waals surface area contributed by atoms with Gasteiger partial charge in [0.2, 0.25) is 0 Å². The van der Waals surface area contributed by atoms with Gasteiger partial charge in [-0.2, -0.15) is 0 Å². The monoisotopic (exact) mass is 193 g/mol. The van der Waals surface area contributed by atoms with Crippen molar-refractivity contribution in [2.75, 3.05) is 6.54 Å². The number of rotatable bonds is 5. The van der Waals surface area contributed by atoms with Gasteiger partial charge in [-0.1, -0.05) is 44.9 Å². The third-order valence-electron chi connectivity index (χ3n) is 3.14. The topological polar surface area (TPSA) is 12.0 Å². The third-order valence-corrected chi connectivity index (χ3v) is 3.14. The van der Waals surface area contributed by atoms with Crippen LogP contribution >= 0.6 is 0 Å². The van der Waals surface area contributed by atoms with Crippen molar-refractivity contribution in [1.82, 2.24) is 5.32 Å². The van der Waals surface area contributed by atoms with Crippen LogP contribution < -0.4 is 5.32 Å². The van der Waals surface area contributed by atoms with E-state index in [1.54, 1.807) is 0 Å². The molecule has 0 aromatic rings. The lowest BCUT2D eigenvalue weighted by Gasteiger charge is -2.24. The molecule has 1 fully saturated rings. The predicted octanol–water partition coefficient (Wildman–Crippen LogP) is 2.96. The van der Waals surface area contributed by atoms with Crippen LogP contribution in [0.5, 0.6) is 0 Å². The molecule has 0 aromatic carbocycles. The largest absolute Gasteiger partial charge is 0.304 e. The van der Waals surface area contributed by atoms with Gasteiger partial charge in [-0.3, -0.25) is 0 Å². The van der Waals surface area contributed by atoms with Gasteiger partial charge in [-0.25, -0.2) is 0 Å². The molecule has 0 radical (unpaired) electrons. The van der Waals surface area contributed by atoms with Crippen molar-refractivity contribution in [3.63, 3.8) is 0 Å². The van der Waals surface area contributed by atoms with Crippen LogP contribution in [0, 0.1) is 18.3 Å². The Kier molecular flexibility index (Phi) is 5.71. The Hall–Kier alpha value is -0.480. The van der Waals surface area contributed by atoms with E-state index in [0.717, 1.165) is 12.5 Å². The fraction of sp³-hybridized carbons (Fsp3) is 0.846. The number of nitrogens with one attached hydrogen (secondary N) is 1. The van der Waals surface area contributed by atoms with Crippen molar-refractivity contribution in [3.05, 3.63) is 0 Å². The van der Waals surface area contributed by atoms with Gasteiger partial charge in [0.1, 0.15) is 0 Å². The maximum Gasteiger partial charge on any atom is 0.0689 e. The first-order chi connectivity index (χ1) is 6.86. The lowest BCUT2D eigenvalue weighted by molar-refractivity contribution is 0.318. The summed E-state index contributed by atoms with van der Waals surface area (Å²) in [4.78, 5) is 0. The normalized spacial score (nSPS) is 20.3. The molecule has 0 heterocycles. The van der Waals surface area contributed by atoms with Gasteiger partial charge in [-0.15, -0.1) is 6.42 Å². The zero-order valence-electron chi connectivity index (χ0n) is 9.39. The van der Waals surface area contributed by atoms with Crippen LogP contribution in [0.1, 0.15) is 51.9 Å². The van der Waals surface area contributed by atoms with Gasteiger partial charge in [0.15, 0.2) is 0 Å². The summed E-state index contributed by atoms with van der Waals surface area (Å²) in [6, 6.07) is 0.318. The van der Waals surface area contributed by atoms with E-state index in [4.69, 9.17) is 6.42 Å². The summed E-state index contributed by atoms with van der Waals surface area (Å²) in [6.45, 7) is 3.24. The molecule has 0 aliphatic heterocycles. The lowest BCUT2D eigenvalue weighted by Crippen LogP contribution is -2.30. The lowest BCUT2D eigenvalue weighted by atomic mass is 9.85. The van der Waals surface area contributed by atoms with Gasteiger partial charge >= 0.3 is 0 Å². The van der Waals surface area contributed by atoms with E-state index < -0.39 is 0 Å². The zero-order chi connectivity index (χ0) is 10.2. The molecule has 1 saturated carbocycles. The van der Waals surface area contributed by atoms with Gasteiger partial charge < -0.3 is 5.32 Å². The van der Waals surface area contributed by atoms with Crippen LogP contribution in [0.4, 0.5) is 0 Å². The third kappa shape index (κ3) is 4.15. The van der Waals surface area contributed by atoms with E-state index in [9.17, 15) is 0 Å². The molecule has 1 heteroatoms. The quantitative estimate of drug-likeness (QED) is 0.662. The smallest absolute Gasteiger partial charge is 0.0689 e. The molecule has 1 unspecified atom stereocenters. The number of terminal acetylenes is 1. The van der Waals surface area contributed by atoms with Crippen LogP contribution in [-0.4, -0.2) is 12.6 Å². The van der Waals surface area contributed by atoms with Gasteiger partial charge in [-0.05, 0) is 25.3 Å². The first kappa shape index (κ1) is 11.6. The van der Waals surface area contributed by atoms with E-state index in [1.165, 1.54) is 44.9 Å². The molecule has 0 saturated heterocycles. The Labute approximate surface area is 88.7 Å². The Morgan fingerprint density at radius 1 is 1.36 bits per heavy atom. The van der Waals surface area contributed by atoms with Crippen molar-refractivity contribution >= 4 is 0 Å². The second kappa shape index (κ2) is 6.90. The van der Waals surface area contributed by atoms with Gasteiger partial charge in [0, 0.05) is 0 Å². The summed E-state index contributed by atoms with van der Waals surface area (Å²) in [7, 11) is 0. The van der Waals surface area contributed by atoms with E-state index in [2.05, 4.69) is 18.2 Å². The van der Waals surface area contributed by atoms with Gasteiger partial charge in [0.25, 0.3) is 0 Å². The molecule has 1 N–H and O–H groups in total. The summed E-state index contributed by atoms with van der Waals surface area (Å²) in [5, 5.41) is 3.43. The summed E-state index contributed by atoms with van der Waals surface area (Å²) in [6.07, 6.45) is 14.9. The average molecular weight is 193 g/mol. The minimum Gasteiger partial charge on any atom is -0.304 e. The van der Waals surface area contributed by atoms with Crippen LogP contribution in [0.25, 0.3) is 0 Å². The fourth-order valence-corrected chi connectivity index (χ4v) is 2.29. The molecule has 1 nitrogen and oxygen atoms in total. The Balaban J connectivity index is 2.21. The molecule has 14 heavy (non-hydrogen) atoms. The molecule has 1 atom stereocenters. The molecule has 1 aliphatic carbocycles. The van der Waals surface area contributed by atoms with Crippen molar-refractivity contribution in [2.24, 2.45) is 5.92 Å². The second-order valence-corrected chi connectivity index (χ2v) is 4.41. The maximum atomic E-state index is 5.52. The van der Waals surface area contributed by atoms with Crippen molar-refractivity contribution in [3.8, 4) is 12.3 Å². The first-order valence-electron chi connectivity index (χ1n) is 6.06. The minimum atomic E-state index is 0.318. The van der Waals surface area contributed by atoms with Crippen molar-refractivity contribution in [2.45, 2.75) is 57.9 Å². The van der Waals surface area contributed by atoms with E-state index >= 15 is 0 Å². The summed E-state index contributed by atoms with van der Waals surface area (Å²) >= 11 is 0. The van der Waals surface area contributed by atoms with Crippen molar-refractivity contribution < 1.29 is 0 Å². The molecule has 0 spiro atoms. The van der Waals surface area contributed by atoms with Crippen LogP contribution in [0.2, 0.25) is 0 Å². The molecular formula is C13H23N. The van der Waals surface area contributed by atoms with Crippen LogP contribution in [0.3, 0.4) is 0 Å². The highest BCUT2D eigenvalue weighted by Gasteiger charge is 2.16. The highest BCUT2D eigenvalue weighted by molar-refractivity contribution is 4.99. The van der Waals surface area contributed by atoms with E-state index in [1.807, 2.05) is 0 Å². The molecule has 0 amide bonds. The van der Waals surface area contributed by atoms with Crippen LogP contribution in [0.15, 0.2) is 0 Å². The Morgan fingerprint density at radius 2 is 2.07 bits per heavy atom. The Bertz CT molecular complexity index is 174. The number of hydrogen-bond acceptors (Lipinski definition) is 1. The van der Waals surface area contributed by atoms with Crippen molar-refractivity contribution in [1.29, 1.82) is 0 Å². The van der Waals surface area contributed by atoms with E-state index in [-0.39, 0.29) is 0 Å². The Morgan fingerprint density at radius 3 is 2.64 bits per heavy atom. The maximum absolute atomic E-state index is 5.52. The molecule has 1 aliphatic rings. The summed E-state index contributed by atoms with van der Waals surface area (Å²) in [5.74, 6) is 3.76. The predicted molar refractivity (Wildman–Crippen MR) is 62.1 cm³/mol. The van der Waals surface area contributed by atoms with E-state index in [0.29, 0.717) is 6.04 Å². The average Bonchev–Trinajstić information content (AvgIpc) is 2.25. The highest BCUT2D eigenvalue weighted by Crippen LogP contribution is 2.27. The highest BCUT2D eigenvalue weighted by atomic mass is 14.9. The fourth-order valence-electron chi connectivity index (χ4n) is 2.29. The minimum absolute atomic E-state index is 0.318. The molecule has 0 aromatic heterocycles. The van der Waals surface area contributed by atoms with Gasteiger partial charge in [0.05, 0.1) is 6.04 Å². The number of hydrogen-bond donors (Lipinski definition) is 1. The summed E-state index contributed by atoms with van der Waals surface area (Å²) in [5.41, 5.74) is 0. The molecular weight excluding hydrogens is 170 g/mol. The standard InChI is InChI=1S/C13H23N/c1-3-10-14-13(4-2)11-12-8-6-5-7-9-12/h2,12-14H,3,5-11H2,1H3. The SMILES string of the molecule is C#CC(CC1CCCCC1)NCCC. The molecule has 80 valence electrons. The molecule has 1 rings (SSSR count). The second-order valence-electron chi connectivity index (χ2n) is 4.41. The molecule has 0 bridgehead atoms. The first-order valence-corrected chi connectivity index (χ1v) is 6.06. The van der Waals surface area contributed by atoms with Crippen LogP contribution in [-0.2, 0) is 0 Å².